The maximum atomic E-state index is 11.5. The van der Waals surface area contributed by atoms with E-state index in [1.54, 1.807) is 19.2 Å². The molecule has 1 aromatic rings. The van der Waals surface area contributed by atoms with Crippen molar-refractivity contribution < 1.29 is 14.3 Å². The third kappa shape index (κ3) is 4.13. The molecule has 82 valence electrons. The van der Waals surface area contributed by atoms with Crippen LogP contribution in [0.15, 0.2) is 30.3 Å². The number of benzene rings is 1. The first-order valence-electron chi connectivity index (χ1n) is 4.99. The smallest absolute Gasteiger partial charge is 0.338 e. The number of esters is 1. The van der Waals surface area contributed by atoms with Gasteiger partial charge in [0.1, 0.15) is 0 Å². The van der Waals surface area contributed by atoms with Gasteiger partial charge in [0.2, 0.25) is 0 Å². The van der Waals surface area contributed by atoms with Crippen molar-refractivity contribution in [3.8, 4) is 0 Å². The SMILES string of the molecule is COC(C)CCOC(=O)c1ccccc1. The van der Waals surface area contributed by atoms with Gasteiger partial charge in [-0.3, -0.25) is 0 Å². The molecular formula is C12H16O3. The van der Waals surface area contributed by atoms with Crippen molar-refractivity contribution in [3.05, 3.63) is 35.9 Å². The summed E-state index contributed by atoms with van der Waals surface area (Å²) in [6.45, 7) is 2.33. The van der Waals surface area contributed by atoms with Gasteiger partial charge >= 0.3 is 5.97 Å². The van der Waals surface area contributed by atoms with E-state index in [2.05, 4.69) is 0 Å². The monoisotopic (exact) mass is 208 g/mol. The van der Waals surface area contributed by atoms with E-state index < -0.39 is 0 Å². The maximum absolute atomic E-state index is 11.5. The minimum absolute atomic E-state index is 0.119. The molecule has 1 unspecified atom stereocenters. The third-order valence-electron chi connectivity index (χ3n) is 2.17. The van der Waals surface area contributed by atoms with Gasteiger partial charge in [0.25, 0.3) is 0 Å². The Kier molecular flexibility index (Phi) is 4.84. The first-order chi connectivity index (χ1) is 7.24. The van der Waals surface area contributed by atoms with E-state index in [4.69, 9.17) is 9.47 Å². The van der Waals surface area contributed by atoms with Crippen LogP contribution in [0.3, 0.4) is 0 Å². The lowest BCUT2D eigenvalue weighted by Gasteiger charge is -2.09. The topological polar surface area (TPSA) is 35.5 Å². The Morgan fingerprint density at radius 1 is 1.33 bits per heavy atom. The molecular weight excluding hydrogens is 192 g/mol. The van der Waals surface area contributed by atoms with Gasteiger partial charge in [-0.2, -0.15) is 0 Å². The van der Waals surface area contributed by atoms with Crippen LogP contribution in [-0.2, 0) is 9.47 Å². The van der Waals surface area contributed by atoms with E-state index in [9.17, 15) is 4.79 Å². The number of carbonyl (C=O) groups is 1. The van der Waals surface area contributed by atoms with Gasteiger partial charge in [0, 0.05) is 13.5 Å². The summed E-state index contributed by atoms with van der Waals surface area (Å²) >= 11 is 0. The number of hydrogen-bond acceptors (Lipinski definition) is 3. The number of rotatable bonds is 5. The fourth-order valence-electron chi connectivity index (χ4n) is 1.09. The lowest BCUT2D eigenvalue weighted by molar-refractivity contribution is 0.0391. The van der Waals surface area contributed by atoms with E-state index in [0.29, 0.717) is 12.2 Å². The molecule has 0 saturated heterocycles. The minimum Gasteiger partial charge on any atom is -0.462 e. The lowest BCUT2D eigenvalue weighted by Crippen LogP contribution is -2.12. The molecule has 0 saturated carbocycles. The molecule has 0 fully saturated rings. The quantitative estimate of drug-likeness (QED) is 0.696. The van der Waals surface area contributed by atoms with Crippen LogP contribution in [0.1, 0.15) is 23.7 Å². The zero-order valence-corrected chi connectivity index (χ0v) is 9.10. The molecule has 0 radical (unpaired) electrons. The maximum Gasteiger partial charge on any atom is 0.338 e. The molecule has 1 atom stereocenters. The van der Waals surface area contributed by atoms with Crippen molar-refractivity contribution in [2.24, 2.45) is 0 Å². The molecule has 15 heavy (non-hydrogen) atoms. The summed E-state index contributed by atoms with van der Waals surface area (Å²) in [5, 5.41) is 0. The Balaban J connectivity index is 2.31. The van der Waals surface area contributed by atoms with Crippen molar-refractivity contribution >= 4 is 5.97 Å². The second-order valence-corrected chi connectivity index (χ2v) is 3.34. The molecule has 0 N–H and O–H groups in total. The van der Waals surface area contributed by atoms with Gasteiger partial charge in [0.05, 0.1) is 18.3 Å². The first kappa shape index (κ1) is 11.7. The summed E-state index contributed by atoms with van der Waals surface area (Å²) in [5.41, 5.74) is 0.586. The molecule has 1 rings (SSSR count). The van der Waals surface area contributed by atoms with Crippen molar-refractivity contribution in [1.82, 2.24) is 0 Å². The molecule has 0 aliphatic heterocycles. The summed E-state index contributed by atoms with van der Waals surface area (Å²) in [6.07, 6.45) is 0.836. The van der Waals surface area contributed by atoms with Gasteiger partial charge in [-0.05, 0) is 19.1 Å². The number of hydrogen-bond donors (Lipinski definition) is 0. The van der Waals surface area contributed by atoms with E-state index in [0.717, 1.165) is 6.42 Å². The second-order valence-electron chi connectivity index (χ2n) is 3.34. The lowest BCUT2D eigenvalue weighted by atomic mass is 10.2. The number of carbonyl (C=O) groups excluding carboxylic acids is 1. The highest BCUT2D eigenvalue weighted by atomic mass is 16.5. The fraction of sp³-hybridized carbons (Fsp3) is 0.417. The Morgan fingerprint density at radius 2 is 2.00 bits per heavy atom. The predicted molar refractivity (Wildman–Crippen MR) is 57.8 cm³/mol. The van der Waals surface area contributed by atoms with Crippen LogP contribution >= 0.6 is 0 Å². The summed E-state index contributed by atoms with van der Waals surface area (Å²) in [4.78, 5) is 11.5. The van der Waals surface area contributed by atoms with Gasteiger partial charge < -0.3 is 9.47 Å². The Hall–Kier alpha value is -1.35. The standard InChI is InChI=1S/C12H16O3/c1-10(14-2)8-9-15-12(13)11-6-4-3-5-7-11/h3-7,10H,8-9H2,1-2H3. The average Bonchev–Trinajstić information content (AvgIpc) is 2.29. The van der Waals surface area contributed by atoms with Crippen molar-refractivity contribution in [3.63, 3.8) is 0 Å². The van der Waals surface area contributed by atoms with Gasteiger partial charge in [-0.15, -0.1) is 0 Å². The van der Waals surface area contributed by atoms with Gasteiger partial charge in [-0.1, -0.05) is 18.2 Å². The molecule has 3 heteroatoms. The van der Waals surface area contributed by atoms with E-state index in [1.165, 1.54) is 0 Å². The molecule has 0 spiro atoms. The zero-order valence-electron chi connectivity index (χ0n) is 9.10. The van der Waals surface area contributed by atoms with Crippen LogP contribution in [0, 0.1) is 0 Å². The predicted octanol–water partition coefficient (Wildman–Crippen LogP) is 2.27. The number of methoxy groups -OCH3 is 1. The highest BCUT2D eigenvalue weighted by Crippen LogP contribution is 2.02. The molecule has 0 heterocycles. The van der Waals surface area contributed by atoms with Crippen LogP contribution < -0.4 is 0 Å². The van der Waals surface area contributed by atoms with Crippen molar-refractivity contribution in [2.45, 2.75) is 19.4 Å². The Labute approximate surface area is 90.0 Å². The van der Waals surface area contributed by atoms with Crippen LogP contribution in [0.25, 0.3) is 0 Å². The van der Waals surface area contributed by atoms with Crippen LogP contribution in [-0.4, -0.2) is 25.8 Å². The minimum atomic E-state index is -0.279. The zero-order chi connectivity index (χ0) is 11.1. The Bertz CT molecular complexity index is 295. The Morgan fingerprint density at radius 3 is 2.60 bits per heavy atom. The summed E-state index contributed by atoms with van der Waals surface area (Å²) < 4.78 is 10.1. The normalized spacial score (nSPS) is 12.1. The van der Waals surface area contributed by atoms with Crippen LogP contribution in [0.4, 0.5) is 0 Å². The van der Waals surface area contributed by atoms with Crippen LogP contribution in [0.2, 0.25) is 0 Å². The molecule has 3 nitrogen and oxygen atoms in total. The first-order valence-corrected chi connectivity index (χ1v) is 4.99. The summed E-state index contributed by atoms with van der Waals surface area (Å²) in [7, 11) is 1.64. The average molecular weight is 208 g/mol. The fourth-order valence-corrected chi connectivity index (χ4v) is 1.09. The van der Waals surface area contributed by atoms with Crippen molar-refractivity contribution in [1.29, 1.82) is 0 Å². The molecule has 0 aliphatic carbocycles. The van der Waals surface area contributed by atoms with Gasteiger partial charge in [-0.25, -0.2) is 4.79 Å². The van der Waals surface area contributed by atoms with Gasteiger partial charge in [0.15, 0.2) is 0 Å². The molecule has 0 aliphatic rings. The van der Waals surface area contributed by atoms with E-state index >= 15 is 0 Å². The molecule has 1 aromatic carbocycles. The summed E-state index contributed by atoms with van der Waals surface area (Å²) in [6, 6.07) is 8.97. The van der Waals surface area contributed by atoms with E-state index in [-0.39, 0.29) is 12.1 Å². The molecule has 0 bridgehead atoms. The molecule has 0 amide bonds. The largest absolute Gasteiger partial charge is 0.462 e. The summed E-state index contributed by atoms with van der Waals surface area (Å²) in [5.74, 6) is -0.279. The van der Waals surface area contributed by atoms with Crippen molar-refractivity contribution in [2.75, 3.05) is 13.7 Å². The number of ether oxygens (including phenoxy) is 2. The highest BCUT2D eigenvalue weighted by Gasteiger charge is 2.06. The highest BCUT2D eigenvalue weighted by molar-refractivity contribution is 5.89. The second kappa shape index (κ2) is 6.19. The van der Waals surface area contributed by atoms with E-state index in [1.807, 2.05) is 25.1 Å². The third-order valence-corrected chi connectivity index (χ3v) is 2.17. The van der Waals surface area contributed by atoms with Crippen LogP contribution in [0.5, 0.6) is 0 Å². The molecule has 0 aromatic heterocycles.